The molecule has 0 amide bonds. The van der Waals surface area contributed by atoms with Gasteiger partial charge in [-0.1, -0.05) is 48.3 Å². The molecule has 2 aromatic rings. The minimum atomic E-state index is 0.479. The molecule has 1 heterocycles. The third-order valence-electron chi connectivity index (χ3n) is 3.18. The summed E-state index contributed by atoms with van der Waals surface area (Å²) in [5, 5.41) is 1.63. The lowest BCUT2D eigenvalue weighted by Gasteiger charge is -2.10. The summed E-state index contributed by atoms with van der Waals surface area (Å²) in [5.74, 6) is 0. The molecule has 1 nitrogen and oxygen atoms in total. The fraction of sp³-hybridized carbons (Fsp3) is 0.188. The number of thioether (sulfide) groups is 1. The number of benzene rings is 2. The zero-order valence-corrected chi connectivity index (χ0v) is 13.3. The molecule has 3 rings (SSSR count). The molecule has 0 aromatic heterocycles. The van der Waals surface area contributed by atoms with Crippen LogP contribution in [0.5, 0.6) is 0 Å². The molecule has 4 heteroatoms. The molecule has 0 bridgehead atoms. The van der Waals surface area contributed by atoms with E-state index >= 15 is 0 Å². The largest absolute Gasteiger partial charge is 0.252 e. The first-order valence-corrected chi connectivity index (χ1v) is 8.06. The zero-order chi connectivity index (χ0) is 14.1. The van der Waals surface area contributed by atoms with Crippen molar-refractivity contribution in [1.29, 1.82) is 0 Å². The van der Waals surface area contributed by atoms with Crippen molar-refractivity contribution in [2.75, 3.05) is 0 Å². The molecule has 0 saturated carbocycles. The van der Waals surface area contributed by atoms with Gasteiger partial charge in [0.1, 0.15) is 0 Å². The van der Waals surface area contributed by atoms with Crippen LogP contribution >= 0.6 is 35.0 Å². The number of hydrogen-bond donors (Lipinski definition) is 0. The van der Waals surface area contributed by atoms with E-state index < -0.39 is 0 Å². The fourth-order valence-electron chi connectivity index (χ4n) is 2.23. The third-order valence-corrected chi connectivity index (χ3v) is 5.09. The maximum absolute atomic E-state index is 6.12. The zero-order valence-electron chi connectivity index (χ0n) is 10.9. The van der Waals surface area contributed by atoms with Gasteiger partial charge in [-0.2, -0.15) is 0 Å². The first-order chi connectivity index (χ1) is 9.63. The van der Waals surface area contributed by atoms with E-state index in [1.54, 1.807) is 0 Å². The molecule has 1 aliphatic heterocycles. The lowest BCUT2D eigenvalue weighted by molar-refractivity contribution is 1.02. The normalized spacial score (nSPS) is 18.1. The van der Waals surface area contributed by atoms with E-state index in [1.807, 2.05) is 36.0 Å². The predicted octanol–water partition coefficient (Wildman–Crippen LogP) is 6.00. The van der Waals surface area contributed by atoms with Crippen molar-refractivity contribution in [2.45, 2.75) is 23.5 Å². The van der Waals surface area contributed by atoms with E-state index in [2.05, 4.69) is 25.1 Å². The minimum Gasteiger partial charge on any atom is -0.252 e. The average Bonchev–Trinajstić information content (AvgIpc) is 2.59. The Bertz CT molecular complexity index is 682. The van der Waals surface area contributed by atoms with Gasteiger partial charge in [0.25, 0.3) is 0 Å². The molecule has 0 unspecified atom stereocenters. The van der Waals surface area contributed by atoms with Crippen LogP contribution in [0.2, 0.25) is 10.0 Å². The second-order valence-corrected chi connectivity index (χ2v) is 7.08. The van der Waals surface area contributed by atoms with Crippen molar-refractivity contribution in [2.24, 2.45) is 4.99 Å². The number of fused-ring (bicyclic) bond motifs is 1. The Morgan fingerprint density at radius 3 is 2.70 bits per heavy atom. The van der Waals surface area contributed by atoms with Crippen LogP contribution < -0.4 is 0 Å². The van der Waals surface area contributed by atoms with E-state index in [0.29, 0.717) is 15.3 Å². The number of aliphatic imine (C=N–C) groups is 1. The quantitative estimate of drug-likeness (QED) is 0.627. The fourth-order valence-corrected chi connectivity index (χ4v) is 3.59. The van der Waals surface area contributed by atoms with E-state index in [9.17, 15) is 0 Å². The highest BCUT2D eigenvalue weighted by Gasteiger charge is 2.17. The smallest absolute Gasteiger partial charge is 0.0769 e. The third kappa shape index (κ3) is 2.88. The Morgan fingerprint density at radius 2 is 1.90 bits per heavy atom. The molecule has 0 radical (unpaired) electrons. The Hall–Kier alpha value is -0.960. The SMILES string of the molecule is C[C@H]1CC(c2ccc(Cl)c(Cl)c2)=Nc2ccccc2S1. The van der Waals surface area contributed by atoms with Crippen molar-refractivity contribution < 1.29 is 0 Å². The van der Waals surface area contributed by atoms with Gasteiger partial charge in [-0.25, -0.2) is 0 Å². The Labute approximate surface area is 133 Å². The number of para-hydroxylation sites is 1. The van der Waals surface area contributed by atoms with Gasteiger partial charge in [0.2, 0.25) is 0 Å². The van der Waals surface area contributed by atoms with Crippen molar-refractivity contribution >= 4 is 46.4 Å². The number of rotatable bonds is 1. The number of halogens is 2. The van der Waals surface area contributed by atoms with Gasteiger partial charge in [-0.15, -0.1) is 11.8 Å². The summed E-state index contributed by atoms with van der Waals surface area (Å²) >= 11 is 14.0. The highest BCUT2D eigenvalue weighted by atomic mass is 35.5. The molecule has 0 fully saturated rings. The summed E-state index contributed by atoms with van der Waals surface area (Å²) in [6.07, 6.45) is 0.914. The van der Waals surface area contributed by atoms with Crippen molar-refractivity contribution in [1.82, 2.24) is 0 Å². The molecule has 20 heavy (non-hydrogen) atoms. The summed E-state index contributed by atoms with van der Waals surface area (Å²) < 4.78 is 0. The number of hydrogen-bond acceptors (Lipinski definition) is 2. The van der Waals surface area contributed by atoms with Crippen LogP contribution in [0, 0.1) is 0 Å². The Balaban J connectivity index is 2.08. The van der Waals surface area contributed by atoms with E-state index in [4.69, 9.17) is 28.2 Å². The Kier molecular flexibility index (Phi) is 4.06. The first kappa shape index (κ1) is 14.0. The lowest BCUT2D eigenvalue weighted by atomic mass is 10.1. The maximum atomic E-state index is 6.12. The molecule has 0 spiro atoms. The van der Waals surface area contributed by atoms with Gasteiger partial charge in [0, 0.05) is 22.3 Å². The highest BCUT2D eigenvalue weighted by Crippen LogP contribution is 2.38. The van der Waals surface area contributed by atoms with Crippen molar-refractivity contribution in [3.8, 4) is 0 Å². The van der Waals surface area contributed by atoms with Gasteiger partial charge < -0.3 is 0 Å². The predicted molar refractivity (Wildman–Crippen MR) is 89.0 cm³/mol. The van der Waals surface area contributed by atoms with Crippen LogP contribution in [0.3, 0.4) is 0 Å². The van der Waals surface area contributed by atoms with Gasteiger partial charge >= 0.3 is 0 Å². The summed E-state index contributed by atoms with van der Waals surface area (Å²) in [6.45, 7) is 2.22. The minimum absolute atomic E-state index is 0.479. The summed E-state index contributed by atoms with van der Waals surface area (Å²) in [6, 6.07) is 14.0. The van der Waals surface area contributed by atoms with Crippen LogP contribution in [0.15, 0.2) is 52.4 Å². The van der Waals surface area contributed by atoms with E-state index in [1.165, 1.54) is 4.90 Å². The lowest BCUT2D eigenvalue weighted by Crippen LogP contribution is -2.07. The van der Waals surface area contributed by atoms with E-state index in [0.717, 1.165) is 23.4 Å². The molecule has 2 aromatic carbocycles. The molecule has 0 saturated heterocycles. The standard InChI is InChI=1S/C16H13Cl2NS/c1-10-8-15(11-6-7-12(17)13(18)9-11)19-14-4-2-3-5-16(14)20-10/h2-7,9-10H,8H2,1H3/t10-/m0/s1. The second kappa shape index (κ2) is 5.80. The molecule has 102 valence electrons. The van der Waals surface area contributed by atoms with Crippen molar-refractivity contribution in [3.63, 3.8) is 0 Å². The maximum Gasteiger partial charge on any atom is 0.0769 e. The van der Waals surface area contributed by atoms with Gasteiger partial charge in [0.15, 0.2) is 0 Å². The summed E-state index contributed by atoms with van der Waals surface area (Å²) in [5.41, 5.74) is 3.14. The first-order valence-electron chi connectivity index (χ1n) is 6.42. The summed E-state index contributed by atoms with van der Waals surface area (Å²) in [7, 11) is 0. The summed E-state index contributed by atoms with van der Waals surface area (Å²) in [4.78, 5) is 6.06. The molecule has 1 aliphatic rings. The number of nitrogens with zero attached hydrogens (tertiary/aromatic N) is 1. The van der Waals surface area contributed by atoms with Crippen LogP contribution in [0.1, 0.15) is 18.9 Å². The monoisotopic (exact) mass is 321 g/mol. The van der Waals surface area contributed by atoms with Gasteiger partial charge in [-0.05, 0) is 29.8 Å². The second-order valence-electron chi connectivity index (χ2n) is 4.79. The highest BCUT2D eigenvalue weighted by molar-refractivity contribution is 8.00. The van der Waals surface area contributed by atoms with Gasteiger partial charge in [-0.3, -0.25) is 4.99 Å². The molecule has 0 aliphatic carbocycles. The molecular weight excluding hydrogens is 309 g/mol. The molecule has 1 atom stereocenters. The van der Waals surface area contributed by atoms with Crippen molar-refractivity contribution in [3.05, 3.63) is 58.1 Å². The van der Waals surface area contributed by atoms with Crippen LogP contribution in [0.4, 0.5) is 5.69 Å². The van der Waals surface area contributed by atoms with Crippen LogP contribution in [-0.4, -0.2) is 11.0 Å². The Morgan fingerprint density at radius 1 is 1.10 bits per heavy atom. The average molecular weight is 322 g/mol. The van der Waals surface area contributed by atoms with Crippen LogP contribution in [0.25, 0.3) is 0 Å². The topological polar surface area (TPSA) is 12.4 Å². The van der Waals surface area contributed by atoms with Crippen LogP contribution in [-0.2, 0) is 0 Å². The molecular formula is C16H13Cl2NS. The van der Waals surface area contributed by atoms with Gasteiger partial charge in [0.05, 0.1) is 15.7 Å². The van der Waals surface area contributed by atoms with E-state index in [-0.39, 0.29) is 0 Å². The molecule has 0 N–H and O–H groups in total.